The van der Waals surface area contributed by atoms with Gasteiger partial charge >= 0.3 is 0 Å². The molecule has 2 aromatic rings. The van der Waals surface area contributed by atoms with Gasteiger partial charge in [0.15, 0.2) is 0 Å². The van der Waals surface area contributed by atoms with Crippen LogP contribution in [0.15, 0.2) is 28.7 Å². The van der Waals surface area contributed by atoms with E-state index in [4.69, 9.17) is 0 Å². The average Bonchev–Trinajstić information content (AvgIpc) is 2.98. The molecule has 0 atom stereocenters. The SMILES string of the molecule is CCc1sc(C(=O)N2CCN(c3cccc(C)c3C)CC2)cc1Br. The number of benzene rings is 1. The first-order chi connectivity index (χ1) is 11.5. The molecule has 3 nitrogen and oxygen atoms in total. The maximum absolute atomic E-state index is 12.7. The van der Waals surface area contributed by atoms with Crippen molar-refractivity contribution in [2.75, 3.05) is 31.1 Å². The van der Waals surface area contributed by atoms with Crippen LogP contribution in [0.1, 0.15) is 32.6 Å². The lowest BCUT2D eigenvalue weighted by Gasteiger charge is -2.36. The van der Waals surface area contributed by atoms with Crippen molar-refractivity contribution in [1.82, 2.24) is 4.90 Å². The summed E-state index contributed by atoms with van der Waals surface area (Å²) in [5, 5.41) is 0. The number of thiophene rings is 1. The lowest BCUT2D eigenvalue weighted by atomic mass is 10.1. The first-order valence-corrected chi connectivity index (χ1v) is 10.0. The van der Waals surface area contributed by atoms with E-state index in [0.717, 1.165) is 41.9 Å². The Balaban J connectivity index is 1.68. The van der Waals surface area contributed by atoms with Gasteiger partial charge < -0.3 is 9.80 Å². The van der Waals surface area contributed by atoms with Gasteiger partial charge in [-0.15, -0.1) is 11.3 Å². The van der Waals surface area contributed by atoms with E-state index in [-0.39, 0.29) is 5.91 Å². The molecule has 0 radical (unpaired) electrons. The van der Waals surface area contributed by atoms with Crippen LogP contribution in [0.25, 0.3) is 0 Å². The summed E-state index contributed by atoms with van der Waals surface area (Å²) in [5.74, 6) is 0.168. The number of piperazine rings is 1. The van der Waals surface area contributed by atoms with Crippen LogP contribution >= 0.6 is 27.3 Å². The summed E-state index contributed by atoms with van der Waals surface area (Å²) in [5.41, 5.74) is 3.96. The Morgan fingerprint density at radius 3 is 2.54 bits per heavy atom. The zero-order valence-corrected chi connectivity index (χ0v) is 16.8. The van der Waals surface area contributed by atoms with Crippen molar-refractivity contribution in [3.63, 3.8) is 0 Å². The summed E-state index contributed by atoms with van der Waals surface area (Å²) < 4.78 is 1.06. The van der Waals surface area contributed by atoms with E-state index in [9.17, 15) is 4.79 Å². The molecule has 1 aromatic heterocycles. The average molecular weight is 407 g/mol. The van der Waals surface area contributed by atoms with Crippen molar-refractivity contribution in [2.45, 2.75) is 27.2 Å². The molecule has 0 unspecified atom stereocenters. The zero-order valence-electron chi connectivity index (χ0n) is 14.4. The van der Waals surface area contributed by atoms with Crippen molar-refractivity contribution >= 4 is 38.9 Å². The van der Waals surface area contributed by atoms with Crippen LogP contribution in [0.5, 0.6) is 0 Å². The number of halogens is 1. The number of carbonyl (C=O) groups is 1. The molecular formula is C19H23BrN2OS. The molecule has 0 N–H and O–H groups in total. The number of aryl methyl sites for hydroxylation is 2. The van der Waals surface area contributed by atoms with Crippen LogP contribution in [0, 0.1) is 13.8 Å². The summed E-state index contributed by atoms with van der Waals surface area (Å²) in [6.07, 6.45) is 0.957. The highest BCUT2D eigenvalue weighted by Gasteiger charge is 2.24. The van der Waals surface area contributed by atoms with E-state index in [1.807, 2.05) is 11.0 Å². The van der Waals surface area contributed by atoms with Gasteiger partial charge in [-0.05, 0) is 59.5 Å². The Hall–Kier alpha value is -1.33. The van der Waals surface area contributed by atoms with E-state index < -0.39 is 0 Å². The summed E-state index contributed by atoms with van der Waals surface area (Å²) in [6, 6.07) is 8.43. The first kappa shape index (κ1) is 17.5. The van der Waals surface area contributed by atoms with Gasteiger partial charge in [-0.2, -0.15) is 0 Å². The minimum absolute atomic E-state index is 0.168. The number of nitrogens with zero attached hydrogens (tertiary/aromatic N) is 2. The molecule has 1 saturated heterocycles. The number of amides is 1. The standard InChI is InChI=1S/C19H23BrN2OS/c1-4-17-15(20)12-18(24-17)19(23)22-10-8-21(9-11-22)16-7-5-6-13(2)14(16)3/h5-7,12H,4,8-11H2,1-3H3. The topological polar surface area (TPSA) is 23.6 Å². The molecule has 128 valence electrons. The molecule has 3 rings (SSSR count). The monoisotopic (exact) mass is 406 g/mol. The van der Waals surface area contributed by atoms with Gasteiger partial charge in [0.05, 0.1) is 4.88 Å². The quantitative estimate of drug-likeness (QED) is 0.740. The third kappa shape index (κ3) is 3.38. The molecule has 1 aliphatic rings. The van der Waals surface area contributed by atoms with E-state index in [1.54, 1.807) is 11.3 Å². The maximum Gasteiger partial charge on any atom is 0.264 e. The second-order valence-corrected chi connectivity index (χ2v) is 8.22. The largest absolute Gasteiger partial charge is 0.368 e. The Morgan fingerprint density at radius 1 is 1.21 bits per heavy atom. The van der Waals surface area contributed by atoms with Crippen LogP contribution in [0.4, 0.5) is 5.69 Å². The lowest BCUT2D eigenvalue weighted by molar-refractivity contribution is 0.0751. The molecule has 5 heteroatoms. The first-order valence-electron chi connectivity index (χ1n) is 8.40. The van der Waals surface area contributed by atoms with E-state index in [1.165, 1.54) is 21.7 Å². The lowest BCUT2D eigenvalue weighted by Crippen LogP contribution is -2.48. The molecule has 24 heavy (non-hydrogen) atoms. The Morgan fingerprint density at radius 2 is 1.92 bits per heavy atom. The van der Waals surface area contributed by atoms with Gasteiger partial charge in [0.25, 0.3) is 5.91 Å². The zero-order chi connectivity index (χ0) is 17.3. The van der Waals surface area contributed by atoms with Gasteiger partial charge in [-0.1, -0.05) is 19.1 Å². The second kappa shape index (κ2) is 7.28. The van der Waals surface area contributed by atoms with Crippen molar-refractivity contribution in [3.05, 3.63) is 49.6 Å². The van der Waals surface area contributed by atoms with Gasteiger partial charge in [-0.3, -0.25) is 4.79 Å². The van der Waals surface area contributed by atoms with Gasteiger partial charge in [-0.25, -0.2) is 0 Å². The molecule has 0 bridgehead atoms. The molecule has 2 heterocycles. The van der Waals surface area contributed by atoms with Crippen LogP contribution in [-0.2, 0) is 6.42 Å². The number of anilines is 1. The number of rotatable bonds is 3. The predicted octanol–water partition coefficient (Wildman–Crippen LogP) is 4.65. The Bertz CT molecular complexity index is 748. The molecule has 1 fully saturated rings. The maximum atomic E-state index is 12.7. The van der Waals surface area contributed by atoms with Crippen molar-refractivity contribution in [2.24, 2.45) is 0 Å². The molecule has 1 amide bonds. The van der Waals surface area contributed by atoms with Gasteiger partial charge in [0.2, 0.25) is 0 Å². The second-order valence-electron chi connectivity index (χ2n) is 6.23. The molecule has 0 spiro atoms. The fourth-order valence-corrected chi connectivity index (χ4v) is 5.00. The normalized spacial score (nSPS) is 15.0. The highest BCUT2D eigenvalue weighted by atomic mass is 79.9. The van der Waals surface area contributed by atoms with E-state index in [0.29, 0.717) is 0 Å². The highest BCUT2D eigenvalue weighted by Crippen LogP contribution is 2.29. The summed E-state index contributed by atoms with van der Waals surface area (Å²) in [6.45, 7) is 9.79. The molecule has 1 aromatic carbocycles. The molecule has 0 saturated carbocycles. The Labute approximate surface area is 156 Å². The van der Waals surface area contributed by atoms with Crippen LogP contribution < -0.4 is 4.90 Å². The van der Waals surface area contributed by atoms with Gasteiger partial charge in [0.1, 0.15) is 0 Å². The van der Waals surface area contributed by atoms with Crippen molar-refractivity contribution < 1.29 is 4.79 Å². The predicted molar refractivity (Wildman–Crippen MR) is 105 cm³/mol. The van der Waals surface area contributed by atoms with Crippen LogP contribution in [0.2, 0.25) is 0 Å². The number of hydrogen-bond acceptors (Lipinski definition) is 3. The van der Waals surface area contributed by atoms with E-state index in [2.05, 4.69) is 59.8 Å². The smallest absolute Gasteiger partial charge is 0.264 e. The third-order valence-corrected chi connectivity index (χ3v) is 7.01. The third-order valence-electron chi connectivity index (χ3n) is 4.77. The summed E-state index contributed by atoms with van der Waals surface area (Å²) in [4.78, 5) is 19.2. The van der Waals surface area contributed by atoms with E-state index >= 15 is 0 Å². The van der Waals surface area contributed by atoms with Crippen molar-refractivity contribution in [1.29, 1.82) is 0 Å². The Kier molecular flexibility index (Phi) is 5.30. The van der Waals surface area contributed by atoms with Crippen LogP contribution in [0.3, 0.4) is 0 Å². The minimum Gasteiger partial charge on any atom is -0.368 e. The molecule has 1 aliphatic heterocycles. The molecular weight excluding hydrogens is 384 g/mol. The highest BCUT2D eigenvalue weighted by molar-refractivity contribution is 9.10. The van der Waals surface area contributed by atoms with Crippen molar-refractivity contribution in [3.8, 4) is 0 Å². The fourth-order valence-electron chi connectivity index (χ4n) is 3.14. The fraction of sp³-hybridized carbons (Fsp3) is 0.421. The van der Waals surface area contributed by atoms with Crippen LogP contribution in [-0.4, -0.2) is 37.0 Å². The number of carbonyl (C=O) groups excluding carboxylic acids is 1. The van der Waals surface area contributed by atoms with Gasteiger partial charge in [0, 0.05) is 41.2 Å². The summed E-state index contributed by atoms with van der Waals surface area (Å²) >= 11 is 5.17. The summed E-state index contributed by atoms with van der Waals surface area (Å²) in [7, 11) is 0. The minimum atomic E-state index is 0.168. The number of hydrogen-bond donors (Lipinski definition) is 0. The molecule has 0 aliphatic carbocycles.